The minimum Gasteiger partial charge on any atom is -0.399 e. The van der Waals surface area contributed by atoms with Crippen LogP contribution < -0.4 is 22.9 Å². The van der Waals surface area contributed by atoms with Crippen molar-refractivity contribution in [2.24, 2.45) is 0 Å². The Bertz CT molecular complexity index is 1140. The molecule has 0 aliphatic heterocycles. The summed E-state index contributed by atoms with van der Waals surface area (Å²) >= 11 is 0. The van der Waals surface area contributed by atoms with Gasteiger partial charge in [0.25, 0.3) is 0 Å². The molecule has 0 radical (unpaired) electrons. The van der Waals surface area contributed by atoms with E-state index in [0.717, 1.165) is 22.3 Å². The Balaban J connectivity index is 1.91. The van der Waals surface area contributed by atoms with Gasteiger partial charge in [0, 0.05) is 33.9 Å². The molecule has 30 heavy (non-hydrogen) atoms. The minimum absolute atomic E-state index is 0.439. The molecule has 0 spiro atoms. The Labute approximate surface area is 177 Å². The van der Waals surface area contributed by atoms with E-state index in [0.29, 0.717) is 32.5 Å². The molecule has 4 aromatic carbocycles. The highest BCUT2D eigenvalue weighted by Crippen LogP contribution is 2.39. The number of nitrogen functional groups attached to an aromatic ring is 4. The van der Waals surface area contributed by atoms with Gasteiger partial charge in [0.1, 0.15) is 0 Å². The maximum Gasteiger partial charge on any atom is 0.0904 e. The summed E-state index contributed by atoms with van der Waals surface area (Å²) in [5.74, 6) is 0. The normalized spacial score (nSPS) is 11.0. The van der Waals surface area contributed by atoms with Gasteiger partial charge in [-0.25, -0.2) is 4.21 Å². The van der Waals surface area contributed by atoms with Crippen LogP contribution in [0.5, 0.6) is 0 Å². The van der Waals surface area contributed by atoms with Crippen LogP contribution in [0.1, 0.15) is 0 Å². The van der Waals surface area contributed by atoms with Crippen molar-refractivity contribution in [2.75, 3.05) is 22.9 Å². The first-order valence-corrected chi connectivity index (χ1v) is 10.5. The monoisotopic (exact) mass is 414 g/mol. The van der Waals surface area contributed by atoms with Crippen LogP contribution in [0.15, 0.2) is 94.7 Å². The zero-order chi connectivity index (χ0) is 21.3. The van der Waals surface area contributed by atoms with Crippen molar-refractivity contribution in [3.05, 3.63) is 84.9 Å². The Kier molecular flexibility index (Phi) is 5.16. The molecule has 0 bridgehead atoms. The molecule has 0 aliphatic rings. The van der Waals surface area contributed by atoms with Crippen molar-refractivity contribution in [1.29, 1.82) is 0 Å². The van der Waals surface area contributed by atoms with E-state index < -0.39 is 10.8 Å². The number of hydrogen-bond acceptors (Lipinski definition) is 5. The first-order valence-electron chi connectivity index (χ1n) is 9.36. The van der Waals surface area contributed by atoms with Crippen LogP contribution in [-0.4, -0.2) is 4.21 Å². The summed E-state index contributed by atoms with van der Waals surface area (Å²) in [6.45, 7) is 0. The minimum atomic E-state index is -1.62. The second-order valence-electron chi connectivity index (χ2n) is 6.96. The molecule has 150 valence electrons. The number of rotatable bonds is 4. The summed E-state index contributed by atoms with van der Waals surface area (Å²) in [5.41, 5.74) is 29.8. The van der Waals surface area contributed by atoms with Gasteiger partial charge in [-0.1, -0.05) is 48.5 Å². The van der Waals surface area contributed by atoms with Gasteiger partial charge in [-0.05, 0) is 47.5 Å². The van der Waals surface area contributed by atoms with E-state index in [1.807, 2.05) is 72.8 Å². The van der Waals surface area contributed by atoms with Crippen molar-refractivity contribution in [1.82, 2.24) is 0 Å². The van der Waals surface area contributed by atoms with Crippen molar-refractivity contribution < 1.29 is 4.21 Å². The maximum atomic E-state index is 13.9. The third-order valence-electron chi connectivity index (χ3n) is 4.91. The van der Waals surface area contributed by atoms with Crippen LogP contribution in [-0.2, 0) is 10.8 Å². The number of hydrogen-bond donors (Lipinski definition) is 4. The van der Waals surface area contributed by atoms with E-state index in [1.165, 1.54) is 0 Å². The fourth-order valence-corrected chi connectivity index (χ4v) is 4.95. The third kappa shape index (κ3) is 3.60. The van der Waals surface area contributed by atoms with Crippen LogP contribution in [0.2, 0.25) is 0 Å². The van der Waals surface area contributed by atoms with E-state index in [4.69, 9.17) is 22.9 Å². The average molecular weight is 415 g/mol. The van der Waals surface area contributed by atoms with E-state index >= 15 is 0 Å². The second kappa shape index (κ2) is 7.93. The molecule has 8 N–H and O–H groups in total. The average Bonchev–Trinajstić information content (AvgIpc) is 2.74. The topological polar surface area (TPSA) is 121 Å². The predicted molar refractivity (Wildman–Crippen MR) is 126 cm³/mol. The van der Waals surface area contributed by atoms with E-state index in [1.54, 1.807) is 12.1 Å². The second-order valence-corrected chi connectivity index (χ2v) is 8.31. The molecule has 4 rings (SSSR count). The van der Waals surface area contributed by atoms with E-state index in [2.05, 4.69) is 0 Å². The fraction of sp³-hybridized carbons (Fsp3) is 0. The molecular formula is C24H22N4OS. The Hall–Kier alpha value is -3.77. The molecule has 5 nitrogen and oxygen atoms in total. The lowest BCUT2D eigenvalue weighted by atomic mass is 10.0. The predicted octanol–water partition coefficient (Wildman–Crippen LogP) is 4.52. The molecule has 0 heterocycles. The molecule has 0 aromatic heterocycles. The molecule has 0 aliphatic carbocycles. The lowest BCUT2D eigenvalue weighted by molar-refractivity contribution is 0.684. The molecule has 0 atom stereocenters. The molecule has 0 amide bonds. The van der Waals surface area contributed by atoms with E-state index in [-0.39, 0.29) is 0 Å². The third-order valence-corrected chi connectivity index (χ3v) is 6.56. The molecule has 6 heteroatoms. The molecular weight excluding hydrogens is 392 g/mol. The van der Waals surface area contributed by atoms with Crippen LogP contribution in [0, 0.1) is 0 Å². The van der Waals surface area contributed by atoms with Crippen LogP contribution in [0.25, 0.3) is 22.3 Å². The summed E-state index contributed by atoms with van der Waals surface area (Å²) in [6.07, 6.45) is 0. The zero-order valence-corrected chi connectivity index (χ0v) is 17.0. The largest absolute Gasteiger partial charge is 0.399 e. The van der Waals surface area contributed by atoms with Gasteiger partial charge in [0.05, 0.1) is 20.6 Å². The fourth-order valence-electron chi connectivity index (χ4n) is 3.41. The van der Waals surface area contributed by atoms with Gasteiger partial charge >= 0.3 is 0 Å². The summed E-state index contributed by atoms with van der Waals surface area (Å²) in [6, 6.07) is 25.8. The van der Waals surface area contributed by atoms with Gasteiger partial charge in [0.15, 0.2) is 0 Å². The highest BCUT2D eigenvalue weighted by atomic mass is 32.2. The highest BCUT2D eigenvalue weighted by molar-refractivity contribution is 7.85. The number of anilines is 4. The summed E-state index contributed by atoms with van der Waals surface area (Å²) in [5, 5.41) is 0. The van der Waals surface area contributed by atoms with Crippen molar-refractivity contribution >= 4 is 33.5 Å². The lowest BCUT2D eigenvalue weighted by Crippen LogP contribution is -2.06. The Morgan fingerprint density at radius 1 is 0.500 bits per heavy atom. The summed E-state index contributed by atoms with van der Waals surface area (Å²) < 4.78 is 13.9. The van der Waals surface area contributed by atoms with Crippen molar-refractivity contribution in [3.63, 3.8) is 0 Å². The summed E-state index contributed by atoms with van der Waals surface area (Å²) in [7, 11) is -1.62. The Morgan fingerprint density at radius 2 is 0.867 bits per heavy atom. The van der Waals surface area contributed by atoms with Gasteiger partial charge in [-0.3, -0.25) is 0 Å². The highest BCUT2D eigenvalue weighted by Gasteiger charge is 2.22. The first-order chi connectivity index (χ1) is 14.5. The SMILES string of the molecule is Nc1ccc(-c2cccc(N)c2S(=O)c2c(N)cccc2-c2ccc(N)cc2)cc1. The summed E-state index contributed by atoms with van der Waals surface area (Å²) in [4.78, 5) is 1.05. The van der Waals surface area contributed by atoms with Crippen molar-refractivity contribution in [2.45, 2.75) is 9.79 Å². The quantitative estimate of drug-likeness (QED) is 0.366. The van der Waals surface area contributed by atoms with Crippen LogP contribution >= 0.6 is 0 Å². The molecule has 0 saturated carbocycles. The van der Waals surface area contributed by atoms with Crippen LogP contribution in [0.4, 0.5) is 22.7 Å². The Morgan fingerprint density at radius 3 is 1.23 bits per heavy atom. The lowest BCUT2D eigenvalue weighted by Gasteiger charge is -2.17. The van der Waals surface area contributed by atoms with Gasteiger partial charge in [-0.15, -0.1) is 0 Å². The molecule has 4 aromatic rings. The smallest absolute Gasteiger partial charge is 0.0904 e. The van der Waals surface area contributed by atoms with Crippen LogP contribution in [0.3, 0.4) is 0 Å². The van der Waals surface area contributed by atoms with Gasteiger partial charge in [0.2, 0.25) is 0 Å². The van der Waals surface area contributed by atoms with Gasteiger partial charge in [-0.2, -0.15) is 0 Å². The molecule has 0 saturated heterocycles. The number of benzene rings is 4. The maximum absolute atomic E-state index is 13.9. The van der Waals surface area contributed by atoms with Crippen molar-refractivity contribution in [3.8, 4) is 22.3 Å². The zero-order valence-electron chi connectivity index (χ0n) is 16.2. The molecule has 0 fully saturated rings. The van der Waals surface area contributed by atoms with Gasteiger partial charge < -0.3 is 22.9 Å². The first kappa shape index (κ1) is 19.5. The van der Waals surface area contributed by atoms with E-state index in [9.17, 15) is 4.21 Å². The standard InChI is InChI=1S/C24H22N4OS/c25-17-11-7-15(8-12-17)19-3-1-5-21(27)23(19)30(29)24-20(4-2-6-22(24)28)16-9-13-18(26)14-10-16/h1-14H,25-28H2. The number of nitrogens with two attached hydrogens (primary N) is 4. The molecule has 0 unspecified atom stereocenters.